The second kappa shape index (κ2) is 6.64. The molecule has 3 nitrogen and oxygen atoms in total. The van der Waals surface area contributed by atoms with E-state index in [0.29, 0.717) is 6.61 Å². The molecule has 0 bridgehead atoms. The Morgan fingerprint density at radius 1 is 1.40 bits per heavy atom. The highest BCUT2D eigenvalue weighted by Crippen LogP contribution is 2.16. The van der Waals surface area contributed by atoms with Gasteiger partial charge in [-0.1, -0.05) is 6.92 Å². The molecular formula is C12H21NO2. The van der Waals surface area contributed by atoms with Gasteiger partial charge in [0.2, 0.25) is 0 Å². The van der Waals surface area contributed by atoms with Gasteiger partial charge in [-0.3, -0.25) is 0 Å². The van der Waals surface area contributed by atoms with E-state index in [1.807, 2.05) is 26.0 Å². The standard InChI is InChI=1S/C12H21NO2/c1-4-8-13-11(9-14-5-2)12-7-6-10(3)15-12/h6-7,11,13H,4-5,8-9H2,1-3H3. The predicted molar refractivity (Wildman–Crippen MR) is 61.0 cm³/mol. The Labute approximate surface area is 91.8 Å². The maximum absolute atomic E-state index is 5.60. The van der Waals surface area contributed by atoms with Gasteiger partial charge in [0.15, 0.2) is 0 Å². The monoisotopic (exact) mass is 211 g/mol. The van der Waals surface area contributed by atoms with Gasteiger partial charge in [-0.25, -0.2) is 0 Å². The van der Waals surface area contributed by atoms with E-state index in [2.05, 4.69) is 12.2 Å². The molecule has 15 heavy (non-hydrogen) atoms. The van der Waals surface area contributed by atoms with E-state index in [4.69, 9.17) is 9.15 Å². The number of aryl methyl sites for hydroxylation is 1. The number of furan rings is 1. The summed E-state index contributed by atoms with van der Waals surface area (Å²) in [6.45, 7) is 8.51. The summed E-state index contributed by atoms with van der Waals surface area (Å²) in [6, 6.07) is 4.18. The summed E-state index contributed by atoms with van der Waals surface area (Å²) in [6.07, 6.45) is 1.11. The number of ether oxygens (including phenoxy) is 1. The van der Waals surface area contributed by atoms with Gasteiger partial charge in [0, 0.05) is 6.61 Å². The first kappa shape index (κ1) is 12.3. The Morgan fingerprint density at radius 3 is 2.73 bits per heavy atom. The van der Waals surface area contributed by atoms with Crippen molar-refractivity contribution in [2.45, 2.75) is 33.2 Å². The number of hydrogen-bond donors (Lipinski definition) is 1. The van der Waals surface area contributed by atoms with Gasteiger partial charge in [-0.2, -0.15) is 0 Å². The van der Waals surface area contributed by atoms with E-state index in [-0.39, 0.29) is 6.04 Å². The van der Waals surface area contributed by atoms with Crippen molar-refractivity contribution in [1.29, 1.82) is 0 Å². The van der Waals surface area contributed by atoms with Crippen LogP contribution in [0.2, 0.25) is 0 Å². The average Bonchev–Trinajstić information content (AvgIpc) is 2.65. The fourth-order valence-corrected chi connectivity index (χ4v) is 1.44. The Kier molecular flexibility index (Phi) is 5.43. The maximum Gasteiger partial charge on any atom is 0.123 e. The van der Waals surface area contributed by atoms with Crippen molar-refractivity contribution in [3.63, 3.8) is 0 Å². The molecule has 86 valence electrons. The average molecular weight is 211 g/mol. The predicted octanol–water partition coefficient (Wildman–Crippen LogP) is 2.67. The first-order valence-electron chi connectivity index (χ1n) is 5.65. The van der Waals surface area contributed by atoms with Gasteiger partial charge in [0.25, 0.3) is 0 Å². The van der Waals surface area contributed by atoms with Gasteiger partial charge in [-0.05, 0) is 38.9 Å². The highest BCUT2D eigenvalue weighted by Gasteiger charge is 2.13. The third-order valence-electron chi connectivity index (χ3n) is 2.23. The molecule has 0 saturated carbocycles. The summed E-state index contributed by atoms with van der Waals surface area (Å²) < 4.78 is 11.0. The zero-order valence-electron chi connectivity index (χ0n) is 9.88. The van der Waals surface area contributed by atoms with Crippen LogP contribution in [0.1, 0.15) is 37.8 Å². The van der Waals surface area contributed by atoms with E-state index in [1.54, 1.807) is 0 Å². The summed E-state index contributed by atoms with van der Waals surface area (Å²) in [5.41, 5.74) is 0. The summed E-state index contributed by atoms with van der Waals surface area (Å²) in [5.74, 6) is 1.92. The van der Waals surface area contributed by atoms with Crippen molar-refractivity contribution in [2.24, 2.45) is 0 Å². The minimum atomic E-state index is 0.179. The van der Waals surface area contributed by atoms with E-state index in [1.165, 1.54) is 0 Å². The summed E-state index contributed by atoms with van der Waals surface area (Å²) >= 11 is 0. The topological polar surface area (TPSA) is 34.4 Å². The van der Waals surface area contributed by atoms with Gasteiger partial charge < -0.3 is 14.5 Å². The molecule has 1 N–H and O–H groups in total. The third-order valence-corrected chi connectivity index (χ3v) is 2.23. The van der Waals surface area contributed by atoms with E-state index in [0.717, 1.165) is 31.1 Å². The fraction of sp³-hybridized carbons (Fsp3) is 0.667. The van der Waals surface area contributed by atoms with Crippen molar-refractivity contribution >= 4 is 0 Å². The molecule has 0 amide bonds. The Balaban J connectivity index is 2.54. The zero-order chi connectivity index (χ0) is 11.1. The molecule has 1 heterocycles. The smallest absolute Gasteiger partial charge is 0.123 e. The van der Waals surface area contributed by atoms with E-state index in [9.17, 15) is 0 Å². The lowest BCUT2D eigenvalue weighted by molar-refractivity contribution is 0.116. The van der Waals surface area contributed by atoms with E-state index >= 15 is 0 Å². The second-order valence-corrected chi connectivity index (χ2v) is 3.61. The molecule has 1 aromatic heterocycles. The number of rotatable bonds is 7. The van der Waals surface area contributed by atoms with Crippen LogP contribution in [0.4, 0.5) is 0 Å². The van der Waals surface area contributed by atoms with Crippen LogP contribution < -0.4 is 5.32 Å². The quantitative estimate of drug-likeness (QED) is 0.753. The van der Waals surface area contributed by atoms with Gasteiger partial charge in [-0.15, -0.1) is 0 Å². The molecule has 0 fully saturated rings. The molecule has 1 atom stereocenters. The normalized spacial score (nSPS) is 13.0. The highest BCUT2D eigenvalue weighted by molar-refractivity contribution is 5.09. The van der Waals surface area contributed by atoms with Crippen LogP contribution in [0.25, 0.3) is 0 Å². The van der Waals surface area contributed by atoms with E-state index < -0.39 is 0 Å². The van der Waals surface area contributed by atoms with Crippen LogP contribution in [0.3, 0.4) is 0 Å². The molecule has 0 radical (unpaired) electrons. The molecule has 1 unspecified atom stereocenters. The van der Waals surface area contributed by atoms with Crippen LogP contribution in [-0.4, -0.2) is 19.8 Å². The molecule has 0 aliphatic heterocycles. The van der Waals surface area contributed by atoms with Gasteiger partial charge in [0.1, 0.15) is 11.5 Å². The minimum Gasteiger partial charge on any atom is -0.465 e. The van der Waals surface area contributed by atoms with Gasteiger partial charge in [0.05, 0.1) is 12.6 Å². The number of hydrogen-bond acceptors (Lipinski definition) is 3. The Hall–Kier alpha value is -0.800. The molecule has 0 saturated heterocycles. The minimum absolute atomic E-state index is 0.179. The van der Waals surface area contributed by atoms with Crippen LogP contribution in [0, 0.1) is 6.92 Å². The molecule has 1 rings (SSSR count). The molecule has 0 aliphatic rings. The lowest BCUT2D eigenvalue weighted by Crippen LogP contribution is -2.26. The SMILES string of the molecule is CCCNC(COCC)c1ccc(C)o1. The summed E-state index contributed by atoms with van der Waals surface area (Å²) in [4.78, 5) is 0. The van der Waals surface area contributed by atoms with Gasteiger partial charge >= 0.3 is 0 Å². The molecule has 3 heteroatoms. The van der Waals surface area contributed by atoms with Crippen LogP contribution >= 0.6 is 0 Å². The van der Waals surface area contributed by atoms with Crippen molar-refractivity contribution in [3.05, 3.63) is 23.7 Å². The first-order valence-corrected chi connectivity index (χ1v) is 5.65. The van der Waals surface area contributed by atoms with Crippen molar-refractivity contribution < 1.29 is 9.15 Å². The lowest BCUT2D eigenvalue weighted by atomic mass is 10.2. The molecule has 0 aromatic carbocycles. The summed E-state index contributed by atoms with van der Waals surface area (Å²) in [5, 5.41) is 3.42. The van der Waals surface area contributed by atoms with Crippen LogP contribution in [0.15, 0.2) is 16.5 Å². The molecule has 0 aliphatic carbocycles. The fourth-order valence-electron chi connectivity index (χ4n) is 1.44. The summed E-state index contributed by atoms with van der Waals surface area (Å²) in [7, 11) is 0. The largest absolute Gasteiger partial charge is 0.465 e. The van der Waals surface area contributed by atoms with Crippen molar-refractivity contribution in [1.82, 2.24) is 5.32 Å². The molecule has 1 aromatic rings. The lowest BCUT2D eigenvalue weighted by Gasteiger charge is -2.15. The second-order valence-electron chi connectivity index (χ2n) is 3.61. The zero-order valence-corrected chi connectivity index (χ0v) is 9.88. The van der Waals surface area contributed by atoms with Crippen molar-refractivity contribution in [2.75, 3.05) is 19.8 Å². The Bertz CT molecular complexity index is 262. The first-order chi connectivity index (χ1) is 7.27. The Morgan fingerprint density at radius 2 is 2.20 bits per heavy atom. The van der Waals surface area contributed by atoms with Crippen molar-refractivity contribution in [3.8, 4) is 0 Å². The molecular weight excluding hydrogens is 190 g/mol. The van der Waals surface area contributed by atoms with Crippen LogP contribution in [-0.2, 0) is 4.74 Å². The molecule has 0 spiro atoms. The number of nitrogens with one attached hydrogen (secondary N) is 1. The third kappa shape index (κ3) is 4.06. The van der Waals surface area contributed by atoms with Crippen LogP contribution in [0.5, 0.6) is 0 Å². The maximum atomic E-state index is 5.60. The highest BCUT2D eigenvalue weighted by atomic mass is 16.5.